The molecule has 0 atom stereocenters. The summed E-state index contributed by atoms with van der Waals surface area (Å²) in [7, 11) is -3.56. The van der Waals surface area contributed by atoms with Crippen LogP contribution in [0.4, 0.5) is 0 Å². The fraction of sp³-hybridized carbons (Fsp3) is 0.500. The molecule has 5 nitrogen and oxygen atoms in total. The van der Waals surface area contributed by atoms with Gasteiger partial charge in [-0.25, -0.2) is 8.42 Å². The highest BCUT2D eigenvalue weighted by atomic mass is 32.2. The van der Waals surface area contributed by atoms with Crippen molar-refractivity contribution >= 4 is 15.8 Å². The van der Waals surface area contributed by atoms with Gasteiger partial charge in [-0.15, -0.1) is 0 Å². The van der Waals surface area contributed by atoms with E-state index < -0.39 is 21.6 Å². The lowest BCUT2D eigenvalue weighted by atomic mass is 10.2. The Kier molecular flexibility index (Phi) is 7.61. The lowest BCUT2D eigenvalue weighted by Gasteiger charge is -2.06. The predicted molar refractivity (Wildman–Crippen MR) is 83.7 cm³/mol. The van der Waals surface area contributed by atoms with Crippen molar-refractivity contribution in [3.8, 4) is 6.07 Å². The van der Waals surface area contributed by atoms with E-state index in [2.05, 4.69) is 6.92 Å². The van der Waals surface area contributed by atoms with Gasteiger partial charge in [0.2, 0.25) is 0 Å². The molecule has 0 aromatic heterocycles. The average molecular weight is 323 g/mol. The van der Waals surface area contributed by atoms with E-state index in [1.165, 1.54) is 0 Å². The van der Waals surface area contributed by atoms with Crippen molar-refractivity contribution in [1.29, 1.82) is 5.26 Å². The summed E-state index contributed by atoms with van der Waals surface area (Å²) in [6.45, 7) is 2.35. The maximum absolute atomic E-state index is 11.9. The Bertz CT molecular complexity index is 615. The van der Waals surface area contributed by atoms with Gasteiger partial charge >= 0.3 is 5.97 Å². The molecular formula is C16H21NO4S. The van der Waals surface area contributed by atoms with Crippen molar-refractivity contribution in [3.63, 3.8) is 0 Å². The molecule has 0 saturated carbocycles. The van der Waals surface area contributed by atoms with Crippen LogP contribution in [0, 0.1) is 11.3 Å². The van der Waals surface area contributed by atoms with Gasteiger partial charge in [0, 0.05) is 0 Å². The number of nitrogens with zero attached hydrogens (tertiary/aromatic N) is 1. The first kappa shape index (κ1) is 18.2. The molecule has 120 valence electrons. The largest absolute Gasteiger partial charge is 0.465 e. The summed E-state index contributed by atoms with van der Waals surface area (Å²) in [5.41, 5.74) is 1.02. The summed E-state index contributed by atoms with van der Waals surface area (Å²) in [5, 5.41) is 8.69. The van der Waals surface area contributed by atoms with Crippen molar-refractivity contribution in [2.24, 2.45) is 0 Å². The van der Waals surface area contributed by atoms with Gasteiger partial charge < -0.3 is 4.74 Å². The molecule has 0 unspecified atom stereocenters. The van der Waals surface area contributed by atoms with Crippen LogP contribution < -0.4 is 0 Å². The van der Waals surface area contributed by atoms with Gasteiger partial charge in [0.15, 0.2) is 9.84 Å². The third-order valence-corrected chi connectivity index (χ3v) is 4.52. The van der Waals surface area contributed by atoms with Crippen LogP contribution in [0.1, 0.15) is 43.7 Å². The zero-order valence-electron chi connectivity index (χ0n) is 12.7. The van der Waals surface area contributed by atoms with E-state index in [1.54, 1.807) is 24.3 Å². The number of benzene rings is 1. The number of esters is 1. The summed E-state index contributed by atoms with van der Waals surface area (Å²) in [4.78, 5) is 11.5. The molecule has 0 amide bonds. The Balaban J connectivity index is 2.42. The smallest absolute Gasteiger partial charge is 0.321 e. The van der Waals surface area contributed by atoms with Gasteiger partial charge in [-0.05, 0) is 24.1 Å². The summed E-state index contributed by atoms with van der Waals surface area (Å²) >= 11 is 0. The Labute approximate surface area is 131 Å². The second kappa shape index (κ2) is 9.21. The van der Waals surface area contributed by atoms with Crippen LogP contribution in [0.15, 0.2) is 24.3 Å². The van der Waals surface area contributed by atoms with E-state index in [0.717, 1.165) is 25.7 Å². The second-order valence-corrected chi connectivity index (χ2v) is 7.19. The van der Waals surface area contributed by atoms with Crippen molar-refractivity contribution in [2.75, 3.05) is 12.4 Å². The Hall–Kier alpha value is -1.87. The number of carbonyl (C=O) groups excluding carboxylic acids is 1. The molecule has 0 spiro atoms. The fourth-order valence-electron chi connectivity index (χ4n) is 1.92. The molecule has 0 aliphatic rings. The van der Waals surface area contributed by atoms with E-state index in [-0.39, 0.29) is 12.4 Å². The summed E-state index contributed by atoms with van der Waals surface area (Å²) in [6.07, 6.45) is 3.90. The number of rotatable bonds is 9. The molecule has 22 heavy (non-hydrogen) atoms. The normalized spacial score (nSPS) is 10.9. The highest BCUT2D eigenvalue weighted by Gasteiger charge is 2.18. The Morgan fingerprint density at radius 3 is 2.45 bits per heavy atom. The molecule has 0 saturated heterocycles. The molecule has 0 aliphatic heterocycles. The van der Waals surface area contributed by atoms with Crippen molar-refractivity contribution in [3.05, 3.63) is 35.4 Å². The van der Waals surface area contributed by atoms with Gasteiger partial charge in [0.1, 0.15) is 5.75 Å². The van der Waals surface area contributed by atoms with Gasteiger partial charge in [-0.3, -0.25) is 4.79 Å². The van der Waals surface area contributed by atoms with Gasteiger partial charge in [-0.1, -0.05) is 38.3 Å². The van der Waals surface area contributed by atoms with E-state index in [1.807, 2.05) is 6.07 Å². The zero-order chi connectivity index (χ0) is 16.4. The van der Waals surface area contributed by atoms with Gasteiger partial charge in [0.25, 0.3) is 0 Å². The third kappa shape index (κ3) is 7.23. The van der Waals surface area contributed by atoms with E-state index >= 15 is 0 Å². The van der Waals surface area contributed by atoms with Crippen LogP contribution in [0.25, 0.3) is 0 Å². The van der Waals surface area contributed by atoms with Crippen LogP contribution in [-0.4, -0.2) is 26.7 Å². The molecule has 1 aromatic rings. The SMILES string of the molecule is CCCCCCOC(=O)CS(=O)(=O)Cc1ccc(C#N)cc1. The summed E-state index contributed by atoms with van der Waals surface area (Å²) < 4.78 is 28.8. The average Bonchev–Trinajstić information content (AvgIpc) is 2.47. The minimum absolute atomic E-state index is 0.232. The number of sulfone groups is 1. The lowest BCUT2D eigenvalue weighted by Crippen LogP contribution is -2.20. The van der Waals surface area contributed by atoms with E-state index in [4.69, 9.17) is 10.00 Å². The Morgan fingerprint density at radius 1 is 1.18 bits per heavy atom. The van der Waals surface area contributed by atoms with Crippen LogP contribution >= 0.6 is 0 Å². The molecule has 0 fully saturated rings. The number of nitriles is 1. The fourth-order valence-corrected chi connectivity index (χ4v) is 3.16. The van der Waals surface area contributed by atoms with Crippen LogP contribution in [0.2, 0.25) is 0 Å². The topological polar surface area (TPSA) is 84.2 Å². The number of carbonyl (C=O) groups is 1. The molecule has 0 radical (unpaired) electrons. The molecule has 0 bridgehead atoms. The number of unbranched alkanes of at least 4 members (excludes halogenated alkanes) is 3. The first-order valence-electron chi connectivity index (χ1n) is 7.32. The van der Waals surface area contributed by atoms with Crippen molar-refractivity contribution in [1.82, 2.24) is 0 Å². The van der Waals surface area contributed by atoms with Crippen LogP contribution in [0.5, 0.6) is 0 Å². The van der Waals surface area contributed by atoms with Crippen molar-refractivity contribution < 1.29 is 17.9 Å². The molecule has 0 heterocycles. The van der Waals surface area contributed by atoms with Crippen LogP contribution in [0.3, 0.4) is 0 Å². The molecule has 1 aromatic carbocycles. The van der Waals surface area contributed by atoms with Crippen LogP contribution in [-0.2, 0) is 25.1 Å². The molecule has 6 heteroatoms. The zero-order valence-corrected chi connectivity index (χ0v) is 13.6. The quantitative estimate of drug-likeness (QED) is 0.515. The number of hydrogen-bond donors (Lipinski definition) is 0. The first-order chi connectivity index (χ1) is 10.5. The second-order valence-electron chi connectivity index (χ2n) is 5.12. The third-order valence-electron chi connectivity index (χ3n) is 3.07. The maximum Gasteiger partial charge on any atom is 0.321 e. The van der Waals surface area contributed by atoms with E-state index in [9.17, 15) is 13.2 Å². The monoisotopic (exact) mass is 323 g/mol. The minimum atomic E-state index is -3.56. The summed E-state index contributed by atoms with van der Waals surface area (Å²) in [5.74, 6) is -1.55. The molecule has 0 aliphatic carbocycles. The number of hydrogen-bond acceptors (Lipinski definition) is 5. The highest BCUT2D eigenvalue weighted by Crippen LogP contribution is 2.09. The lowest BCUT2D eigenvalue weighted by molar-refractivity contribution is -0.140. The van der Waals surface area contributed by atoms with E-state index in [0.29, 0.717) is 11.1 Å². The standard InChI is InChI=1S/C16H21NO4S/c1-2-3-4-5-10-21-16(18)13-22(19,20)12-15-8-6-14(11-17)7-9-15/h6-9H,2-5,10,12-13H2,1H3. The predicted octanol–water partition coefficient (Wildman–Crippen LogP) is 2.60. The van der Waals surface area contributed by atoms with Crippen molar-refractivity contribution in [2.45, 2.75) is 38.4 Å². The summed E-state index contributed by atoms with van der Waals surface area (Å²) in [6, 6.07) is 8.22. The molecular weight excluding hydrogens is 302 g/mol. The highest BCUT2D eigenvalue weighted by molar-refractivity contribution is 7.91. The maximum atomic E-state index is 11.9. The van der Waals surface area contributed by atoms with Gasteiger partial charge in [0.05, 0.1) is 24.0 Å². The first-order valence-corrected chi connectivity index (χ1v) is 9.14. The Morgan fingerprint density at radius 2 is 1.86 bits per heavy atom. The molecule has 0 N–H and O–H groups in total. The number of ether oxygens (including phenoxy) is 1. The molecule has 1 rings (SSSR count). The minimum Gasteiger partial charge on any atom is -0.465 e. The van der Waals surface area contributed by atoms with Gasteiger partial charge in [-0.2, -0.15) is 5.26 Å².